The van der Waals surface area contributed by atoms with Crippen LogP contribution in [0.1, 0.15) is 27.2 Å². The van der Waals surface area contributed by atoms with E-state index in [1.807, 2.05) is 39.0 Å². The van der Waals surface area contributed by atoms with E-state index in [1.165, 1.54) is 0 Å². The van der Waals surface area contributed by atoms with Gasteiger partial charge < -0.3 is 19.9 Å². The van der Waals surface area contributed by atoms with Crippen LogP contribution in [0.2, 0.25) is 0 Å². The number of nitrogens with one attached hydrogen (secondary N) is 2. The fraction of sp³-hybridized carbons (Fsp3) is 0.619. The van der Waals surface area contributed by atoms with Gasteiger partial charge in [0.25, 0.3) is 0 Å². The minimum absolute atomic E-state index is 0.0967. The van der Waals surface area contributed by atoms with Crippen LogP contribution in [-0.4, -0.2) is 72.4 Å². The summed E-state index contributed by atoms with van der Waals surface area (Å²) in [6, 6.07) is 9.47. The molecule has 3 rings (SSSR count). The maximum Gasteiger partial charge on any atom is 0.248 e. The van der Waals surface area contributed by atoms with E-state index in [-0.39, 0.29) is 17.6 Å². The Balaban J connectivity index is 1.62. The predicted octanol–water partition coefficient (Wildman–Crippen LogP) is 1.00. The van der Waals surface area contributed by atoms with Gasteiger partial charge in [0.05, 0.1) is 23.7 Å². The molecular weight excluding hydrogens is 372 g/mol. The van der Waals surface area contributed by atoms with Crippen molar-refractivity contribution in [2.75, 3.05) is 37.6 Å². The van der Waals surface area contributed by atoms with Crippen LogP contribution < -0.4 is 15.7 Å². The smallest absolute Gasteiger partial charge is 0.248 e. The van der Waals surface area contributed by atoms with Crippen LogP contribution in [0.15, 0.2) is 30.3 Å². The Kier molecular flexibility index (Phi) is 6.77. The lowest BCUT2D eigenvalue weighted by molar-refractivity contribution is -0.149. The van der Waals surface area contributed by atoms with Crippen LogP contribution in [0.3, 0.4) is 0 Å². The molecule has 8 nitrogen and oxygen atoms in total. The molecule has 2 aliphatic heterocycles. The highest BCUT2D eigenvalue weighted by atomic mass is 16.5. The van der Waals surface area contributed by atoms with Crippen molar-refractivity contribution in [2.45, 2.75) is 44.9 Å². The van der Waals surface area contributed by atoms with Crippen molar-refractivity contribution >= 4 is 17.5 Å². The molecule has 2 aliphatic rings. The summed E-state index contributed by atoms with van der Waals surface area (Å²) in [5.41, 5.74) is 2.52. The van der Waals surface area contributed by atoms with E-state index in [2.05, 4.69) is 22.3 Å². The van der Waals surface area contributed by atoms with E-state index in [0.717, 1.165) is 18.8 Å². The van der Waals surface area contributed by atoms with Gasteiger partial charge in [-0.05, 0) is 39.3 Å². The van der Waals surface area contributed by atoms with E-state index in [4.69, 9.17) is 4.74 Å². The van der Waals surface area contributed by atoms with E-state index >= 15 is 0 Å². The molecule has 0 aliphatic carbocycles. The number of anilines is 1. The lowest BCUT2D eigenvalue weighted by Gasteiger charge is -2.42. The van der Waals surface area contributed by atoms with Crippen molar-refractivity contribution in [3.8, 4) is 0 Å². The van der Waals surface area contributed by atoms with Crippen LogP contribution in [0.4, 0.5) is 5.69 Å². The van der Waals surface area contributed by atoms with E-state index in [1.54, 1.807) is 10.4 Å². The number of hydrogen-bond acceptors (Lipinski definition) is 6. The van der Waals surface area contributed by atoms with Gasteiger partial charge in [0.1, 0.15) is 0 Å². The first-order chi connectivity index (χ1) is 13.8. The molecule has 8 heteroatoms. The Morgan fingerprint density at radius 2 is 1.79 bits per heavy atom. The number of amides is 2. The maximum atomic E-state index is 13.2. The molecule has 0 bridgehead atoms. The molecule has 29 heavy (non-hydrogen) atoms. The molecule has 1 aromatic carbocycles. The molecule has 1 aromatic rings. The Hall–Kier alpha value is -2.16. The zero-order valence-corrected chi connectivity index (χ0v) is 17.4. The Morgan fingerprint density at radius 3 is 2.38 bits per heavy atom. The minimum atomic E-state index is -0.680. The van der Waals surface area contributed by atoms with Gasteiger partial charge in [-0.25, -0.2) is 5.48 Å². The highest BCUT2D eigenvalue weighted by molar-refractivity contribution is 5.90. The third-order valence-corrected chi connectivity index (χ3v) is 5.43. The standard InChI is InChI=1S/C21H32N4O4/c1-21(2,3)29-16-13-17(19(26)23-28)18(22-14-16)20(27)25-11-9-24(10-12-25)15-7-5-4-6-8-15/h4-8,16-18,22,28H,9-14H2,1-3H3,(H,23,26)/t16-,17?,18?/m0/s1. The van der Waals surface area contributed by atoms with Gasteiger partial charge in [-0.2, -0.15) is 0 Å². The molecule has 2 unspecified atom stereocenters. The molecule has 0 saturated carbocycles. The zero-order valence-electron chi connectivity index (χ0n) is 17.4. The molecule has 3 N–H and O–H groups in total. The molecule has 160 valence electrons. The number of para-hydroxylation sites is 1. The molecule has 2 fully saturated rings. The molecule has 2 saturated heterocycles. The summed E-state index contributed by atoms with van der Waals surface area (Å²) in [6.45, 7) is 9.05. The largest absolute Gasteiger partial charge is 0.371 e. The van der Waals surface area contributed by atoms with Crippen molar-refractivity contribution in [1.29, 1.82) is 0 Å². The normalized spacial score (nSPS) is 25.6. The summed E-state index contributed by atoms with van der Waals surface area (Å²) in [6.07, 6.45) is 0.188. The molecule has 0 aromatic heterocycles. The quantitative estimate of drug-likeness (QED) is 0.512. The number of hydrogen-bond donors (Lipinski definition) is 3. The van der Waals surface area contributed by atoms with Crippen molar-refractivity contribution in [2.24, 2.45) is 5.92 Å². The molecule has 2 heterocycles. The van der Waals surface area contributed by atoms with Crippen LogP contribution in [0.5, 0.6) is 0 Å². The van der Waals surface area contributed by atoms with Gasteiger partial charge in [0.15, 0.2) is 0 Å². The second-order valence-corrected chi connectivity index (χ2v) is 8.70. The summed E-state index contributed by atoms with van der Waals surface area (Å²) < 4.78 is 5.98. The number of nitrogens with zero attached hydrogens (tertiary/aromatic N) is 2. The van der Waals surface area contributed by atoms with E-state index in [9.17, 15) is 14.8 Å². The van der Waals surface area contributed by atoms with Gasteiger partial charge in [-0.15, -0.1) is 0 Å². The number of carbonyl (C=O) groups excluding carboxylic acids is 2. The number of piperazine rings is 1. The minimum Gasteiger partial charge on any atom is -0.371 e. The fourth-order valence-electron chi connectivity index (χ4n) is 4.11. The summed E-state index contributed by atoms with van der Waals surface area (Å²) in [4.78, 5) is 29.5. The SMILES string of the molecule is CC(C)(C)O[C@@H]1CNC(C(=O)N2CCN(c3ccccc3)CC2)C(C(=O)NO)C1. The Labute approximate surface area is 172 Å². The third-order valence-electron chi connectivity index (χ3n) is 5.43. The molecule has 2 amide bonds. The topological polar surface area (TPSA) is 94.1 Å². The van der Waals surface area contributed by atoms with Gasteiger partial charge in [0.2, 0.25) is 11.8 Å². The lowest BCUT2D eigenvalue weighted by atomic mass is 9.87. The number of benzene rings is 1. The summed E-state index contributed by atoms with van der Waals surface area (Å²) in [5.74, 6) is -1.33. The second kappa shape index (κ2) is 9.11. The average molecular weight is 405 g/mol. The third kappa shape index (κ3) is 5.46. The summed E-state index contributed by atoms with van der Waals surface area (Å²) in [7, 11) is 0. The average Bonchev–Trinajstić information content (AvgIpc) is 2.72. The Morgan fingerprint density at radius 1 is 1.14 bits per heavy atom. The van der Waals surface area contributed by atoms with Crippen molar-refractivity contribution < 1.29 is 19.5 Å². The first kappa shape index (κ1) is 21.5. The van der Waals surface area contributed by atoms with Crippen LogP contribution in [0, 0.1) is 5.92 Å². The van der Waals surface area contributed by atoms with E-state index in [0.29, 0.717) is 26.1 Å². The number of rotatable bonds is 4. The molecular formula is C21H32N4O4. The van der Waals surface area contributed by atoms with Crippen molar-refractivity contribution in [3.63, 3.8) is 0 Å². The van der Waals surface area contributed by atoms with Gasteiger partial charge in [0, 0.05) is 38.4 Å². The first-order valence-electron chi connectivity index (χ1n) is 10.2. The highest BCUT2D eigenvalue weighted by Gasteiger charge is 2.42. The number of piperidine rings is 1. The molecule has 0 spiro atoms. The van der Waals surface area contributed by atoms with Crippen molar-refractivity contribution in [3.05, 3.63) is 30.3 Å². The molecule has 0 radical (unpaired) electrons. The number of carbonyl (C=O) groups is 2. The Bertz CT molecular complexity index is 698. The van der Waals surface area contributed by atoms with Crippen LogP contribution in [0.25, 0.3) is 0 Å². The lowest BCUT2D eigenvalue weighted by Crippen LogP contribution is -2.62. The fourth-order valence-corrected chi connectivity index (χ4v) is 4.11. The maximum absolute atomic E-state index is 13.2. The second-order valence-electron chi connectivity index (χ2n) is 8.70. The zero-order chi connectivity index (χ0) is 21.0. The number of ether oxygens (including phenoxy) is 1. The van der Waals surface area contributed by atoms with E-state index < -0.39 is 17.9 Å². The summed E-state index contributed by atoms with van der Waals surface area (Å²) in [5, 5.41) is 12.4. The van der Waals surface area contributed by atoms with Crippen LogP contribution in [-0.2, 0) is 14.3 Å². The first-order valence-corrected chi connectivity index (χ1v) is 10.2. The highest BCUT2D eigenvalue weighted by Crippen LogP contribution is 2.25. The van der Waals surface area contributed by atoms with Gasteiger partial charge in [-0.1, -0.05) is 18.2 Å². The summed E-state index contributed by atoms with van der Waals surface area (Å²) >= 11 is 0. The van der Waals surface area contributed by atoms with Crippen molar-refractivity contribution in [1.82, 2.24) is 15.7 Å². The molecule has 3 atom stereocenters. The monoisotopic (exact) mass is 404 g/mol. The van der Waals surface area contributed by atoms with Crippen LogP contribution >= 0.6 is 0 Å². The van der Waals surface area contributed by atoms with Gasteiger partial charge >= 0.3 is 0 Å². The predicted molar refractivity (Wildman–Crippen MR) is 110 cm³/mol. The number of hydroxylamine groups is 1. The van der Waals surface area contributed by atoms with Gasteiger partial charge in [-0.3, -0.25) is 14.8 Å².